The number of hydrogen-bond acceptors (Lipinski definition) is 3. The van der Waals surface area contributed by atoms with Gasteiger partial charge in [-0.3, -0.25) is 0 Å². The highest BCUT2D eigenvalue weighted by atomic mass is 16.7. The molecule has 116 valence electrons. The van der Waals surface area contributed by atoms with E-state index in [4.69, 9.17) is 13.9 Å². The van der Waals surface area contributed by atoms with Gasteiger partial charge < -0.3 is 19.2 Å². The fourth-order valence-electron chi connectivity index (χ4n) is 2.69. The lowest BCUT2D eigenvalue weighted by Crippen LogP contribution is -2.80. The van der Waals surface area contributed by atoms with Gasteiger partial charge in [0.25, 0.3) is 0 Å². The normalized spacial score (nSPS) is 12.5. The molecule has 2 aromatic carbocycles. The van der Waals surface area contributed by atoms with Crippen LogP contribution < -0.4 is 14.8 Å². The monoisotopic (exact) mass is 308 g/mol. The largest absolute Gasteiger partial charge is 0.455 e. The lowest BCUT2D eigenvalue weighted by atomic mass is 10.2. The number of furan rings is 1. The second-order valence-electron chi connectivity index (χ2n) is 5.52. The van der Waals surface area contributed by atoms with Crippen LogP contribution in [0.25, 0.3) is 11.3 Å². The van der Waals surface area contributed by atoms with Gasteiger partial charge in [-0.1, -0.05) is 30.3 Å². The molecule has 0 saturated heterocycles. The fraction of sp³-hybridized carbons (Fsp3) is 0.158. The quantitative estimate of drug-likeness (QED) is 0.788. The molecule has 0 atom stereocenters. The van der Waals surface area contributed by atoms with Gasteiger partial charge in [0.15, 0.2) is 17.3 Å². The van der Waals surface area contributed by atoms with E-state index in [1.54, 1.807) is 0 Å². The van der Waals surface area contributed by atoms with Gasteiger partial charge in [0.1, 0.15) is 18.8 Å². The van der Waals surface area contributed by atoms with Crippen LogP contribution in [0.5, 0.6) is 11.5 Å². The zero-order valence-electron chi connectivity index (χ0n) is 12.7. The summed E-state index contributed by atoms with van der Waals surface area (Å²) in [6.45, 7) is 2.00. The van der Waals surface area contributed by atoms with Crippen molar-refractivity contribution >= 4 is 0 Å². The van der Waals surface area contributed by atoms with Crippen molar-refractivity contribution in [1.82, 2.24) is 0 Å². The van der Waals surface area contributed by atoms with Crippen molar-refractivity contribution in [3.63, 3.8) is 0 Å². The Bertz CT molecular complexity index is 795. The Balaban J connectivity index is 1.36. The van der Waals surface area contributed by atoms with Crippen molar-refractivity contribution in [2.75, 3.05) is 6.79 Å². The van der Waals surface area contributed by atoms with Gasteiger partial charge in [-0.2, -0.15) is 0 Å². The highest BCUT2D eigenvalue weighted by molar-refractivity contribution is 5.57. The topological polar surface area (TPSA) is 48.2 Å². The summed E-state index contributed by atoms with van der Waals surface area (Å²) in [6.07, 6.45) is 0. The summed E-state index contributed by atoms with van der Waals surface area (Å²) in [5, 5.41) is 2.21. The summed E-state index contributed by atoms with van der Waals surface area (Å²) in [6, 6.07) is 20.3. The molecule has 4 heteroatoms. The third-order valence-corrected chi connectivity index (χ3v) is 3.88. The molecule has 3 aromatic rings. The van der Waals surface area contributed by atoms with Crippen molar-refractivity contribution in [3.05, 3.63) is 72.0 Å². The Morgan fingerprint density at radius 2 is 1.70 bits per heavy atom. The van der Waals surface area contributed by atoms with Crippen LogP contribution in [0.3, 0.4) is 0 Å². The maximum atomic E-state index is 5.91. The fourth-order valence-corrected chi connectivity index (χ4v) is 2.69. The molecule has 0 bridgehead atoms. The van der Waals surface area contributed by atoms with E-state index in [2.05, 4.69) is 23.5 Å². The van der Waals surface area contributed by atoms with E-state index in [-0.39, 0.29) is 0 Å². The smallest absolute Gasteiger partial charge is 0.231 e. The molecule has 1 aliphatic rings. The van der Waals surface area contributed by atoms with Gasteiger partial charge in [0.05, 0.1) is 0 Å². The molecule has 1 aliphatic heterocycles. The van der Waals surface area contributed by atoms with E-state index in [1.807, 2.05) is 42.5 Å². The van der Waals surface area contributed by atoms with Crippen LogP contribution in [-0.4, -0.2) is 6.79 Å². The second kappa shape index (κ2) is 6.18. The highest BCUT2D eigenvalue weighted by Crippen LogP contribution is 2.32. The first kappa shape index (κ1) is 13.9. The number of quaternary nitrogens is 1. The maximum Gasteiger partial charge on any atom is 0.231 e. The molecule has 23 heavy (non-hydrogen) atoms. The van der Waals surface area contributed by atoms with Crippen LogP contribution in [0.15, 0.2) is 65.1 Å². The second-order valence-corrected chi connectivity index (χ2v) is 5.52. The first-order valence-corrected chi connectivity index (χ1v) is 7.73. The van der Waals surface area contributed by atoms with E-state index in [9.17, 15) is 0 Å². The van der Waals surface area contributed by atoms with E-state index in [0.717, 1.165) is 41.7 Å². The summed E-state index contributed by atoms with van der Waals surface area (Å²) < 4.78 is 16.6. The van der Waals surface area contributed by atoms with E-state index < -0.39 is 0 Å². The van der Waals surface area contributed by atoms with Gasteiger partial charge >= 0.3 is 0 Å². The third kappa shape index (κ3) is 3.07. The van der Waals surface area contributed by atoms with Crippen molar-refractivity contribution in [2.45, 2.75) is 13.1 Å². The molecule has 4 nitrogen and oxygen atoms in total. The minimum atomic E-state index is 0.317. The Morgan fingerprint density at radius 1 is 0.826 bits per heavy atom. The van der Waals surface area contributed by atoms with E-state index >= 15 is 0 Å². The Labute approximate surface area is 134 Å². The van der Waals surface area contributed by atoms with Crippen LogP contribution in [-0.2, 0) is 13.1 Å². The molecule has 0 amide bonds. The summed E-state index contributed by atoms with van der Waals surface area (Å²) in [4.78, 5) is 0. The Hall–Kier alpha value is -2.72. The van der Waals surface area contributed by atoms with E-state index in [1.165, 1.54) is 5.56 Å². The number of rotatable bonds is 5. The zero-order chi connectivity index (χ0) is 15.5. The molecule has 4 rings (SSSR count). The zero-order valence-corrected chi connectivity index (χ0v) is 12.7. The first-order valence-electron chi connectivity index (χ1n) is 7.73. The number of ether oxygens (including phenoxy) is 2. The highest BCUT2D eigenvalue weighted by Gasteiger charge is 2.13. The molecular formula is C19H18NO3+. The molecule has 0 radical (unpaired) electrons. The van der Waals surface area contributed by atoms with Crippen molar-refractivity contribution < 1.29 is 19.2 Å². The summed E-state index contributed by atoms with van der Waals surface area (Å²) in [7, 11) is 0. The number of hydrogen-bond donors (Lipinski definition) is 1. The Kier molecular flexibility index (Phi) is 3.74. The minimum Gasteiger partial charge on any atom is -0.455 e. The van der Waals surface area contributed by atoms with Crippen LogP contribution in [0, 0.1) is 0 Å². The molecule has 1 aromatic heterocycles. The van der Waals surface area contributed by atoms with Crippen molar-refractivity contribution in [1.29, 1.82) is 0 Å². The lowest BCUT2D eigenvalue weighted by molar-refractivity contribution is -0.687. The standard InChI is InChI=1S/C19H17NO3/c1-2-4-15(5-3-1)17-9-7-16(23-17)12-20-11-14-6-8-18-19(10-14)22-13-21-18/h1-10,20H,11-13H2/p+1. The molecule has 0 spiro atoms. The average molecular weight is 308 g/mol. The molecule has 0 unspecified atom stereocenters. The minimum absolute atomic E-state index is 0.317. The molecular weight excluding hydrogens is 290 g/mol. The number of benzene rings is 2. The van der Waals surface area contributed by atoms with Crippen LogP contribution >= 0.6 is 0 Å². The molecule has 0 saturated carbocycles. The third-order valence-electron chi connectivity index (χ3n) is 3.88. The summed E-state index contributed by atoms with van der Waals surface area (Å²) >= 11 is 0. The van der Waals surface area contributed by atoms with Gasteiger partial charge in [0.2, 0.25) is 6.79 Å². The van der Waals surface area contributed by atoms with Gasteiger partial charge in [-0.15, -0.1) is 0 Å². The Morgan fingerprint density at radius 3 is 2.61 bits per heavy atom. The molecule has 0 aliphatic carbocycles. The van der Waals surface area contributed by atoms with Gasteiger partial charge in [-0.05, 0) is 30.3 Å². The van der Waals surface area contributed by atoms with Crippen LogP contribution in [0.2, 0.25) is 0 Å². The SMILES string of the molecule is c1ccc(-c2ccc(C[NH2+]Cc3ccc4c(c3)OCO4)o2)cc1. The van der Waals surface area contributed by atoms with Crippen LogP contribution in [0.1, 0.15) is 11.3 Å². The average Bonchev–Trinajstić information content (AvgIpc) is 3.24. The van der Waals surface area contributed by atoms with Gasteiger partial charge in [-0.25, -0.2) is 0 Å². The predicted octanol–water partition coefficient (Wildman–Crippen LogP) is 2.94. The van der Waals surface area contributed by atoms with E-state index in [0.29, 0.717) is 6.79 Å². The summed E-state index contributed by atoms with van der Waals surface area (Å²) in [5.41, 5.74) is 2.32. The number of fused-ring (bicyclic) bond motifs is 1. The number of nitrogens with two attached hydrogens (primary N) is 1. The maximum absolute atomic E-state index is 5.91. The molecule has 0 fully saturated rings. The van der Waals surface area contributed by atoms with Crippen molar-refractivity contribution in [2.24, 2.45) is 0 Å². The lowest BCUT2D eigenvalue weighted by Gasteiger charge is -2.02. The predicted molar refractivity (Wildman–Crippen MR) is 86.0 cm³/mol. The first-order chi connectivity index (χ1) is 11.4. The molecule has 2 heterocycles. The van der Waals surface area contributed by atoms with Crippen LogP contribution in [0.4, 0.5) is 0 Å². The van der Waals surface area contributed by atoms with Gasteiger partial charge in [0, 0.05) is 11.1 Å². The van der Waals surface area contributed by atoms with Crippen molar-refractivity contribution in [3.8, 4) is 22.8 Å². The molecule has 2 N–H and O–H groups in total. The summed E-state index contributed by atoms with van der Waals surface area (Å²) in [5.74, 6) is 3.55.